The van der Waals surface area contributed by atoms with Gasteiger partial charge >= 0.3 is 35.8 Å². The van der Waals surface area contributed by atoms with Gasteiger partial charge in [-0.2, -0.15) is 0 Å². The number of rotatable bonds is 27. The van der Waals surface area contributed by atoms with E-state index in [-0.39, 0.29) is 95.1 Å². The minimum absolute atomic E-state index is 0.0131. The molecule has 0 aromatic carbocycles. The lowest BCUT2D eigenvalue weighted by Gasteiger charge is -2.39. The van der Waals surface area contributed by atoms with Crippen LogP contribution in [0.1, 0.15) is 363 Å². The van der Waals surface area contributed by atoms with E-state index in [0.29, 0.717) is 31.4 Å². The lowest BCUT2D eigenvalue weighted by atomic mass is 9.90. The van der Waals surface area contributed by atoms with Crippen LogP contribution in [0.15, 0.2) is 0 Å². The Bertz CT molecular complexity index is 3430. The van der Waals surface area contributed by atoms with Gasteiger partial charge in [0.2, 0.25) is 35.4 Å². The molecule has 36 heteroatoms. The molecule has 756 valence electrons. The fourth-order valence-electron chi connectivity index (χ4n) is 14.8. The van der Waals surface area contributed by atoms with Gasteiger partial charge in [0.25, 0.3) is 35.4 Å². The number of quaternary nitrogens is 3. The maximum Gasteiger partial charge on any atom is 0.355 e. The first kappa shape index (κ1) is 121. The molecule has 6 heterocycles. The molecule has 0 radical (unpaired) electrons. The third-order valence-corrected chi connectivity index (χ3v) is 21.6. The molecule has 0 aromatic rings. The molecular weight excluding hydrogens is 1710 g/mol. The summed E-state index contributed by atoms with van der Waals surface area (Å²) in [7, 11) is 0. The summed E-state index contributed by atoms with van der Waals surface area (Å²) in [5.74, 6) is -12.6. The van der Waals surface area contributed by atoms with Crippen LogP contribution in [0.3, 0.4) is 0 Å². The second-order valence-electron chi connectivity index (χ2n) is 45.6. The molecule has 0 saturated carbocycles. The molecule has 0 spiro atoms. The second-order valence-corrected chi connectivity index (χ2v) is 45.6. The number of amides is 12. The highest BCUT2D eigenvalue weighted by molar-refractivity contribution is 6.04. The standard InChI is InChI=1S/3C20H31N3O8.3C12H25N/c3*1-19(2,3)18(29)21-10-9-13(24)22-12(11-16(27)30-20(4,5)6)17(28)31-23-14(25)7-8-15(23)26;3*1-10-7-6-8-11(2)13(10)9-12(3,4)5/h3*12H,7-11H2,1-6H3,(H,21,29)(H,22,24);3*10-11H,6-9H2,1-5H3/p+3. The van der Waals surface area contributed by atoms with Gasteiger partial charge in [-0.15, -0.1) is 15.2 Å². The lowest BCUT2D eigenvalue weighted by Crippen LogP contribution is -3.20. The van der Waals surface area contributed by atoms with E-state index in [1.165, 1.54) is 77.4 Å². The largest absolute Gasteiger partial charge is 0.460 e. The first-order chi connectivity index (χ1) is 60.0. The molecule has 9 atom stereocenters. The minimum Gasteiger partial charge on any atom is -0.460 e. The Hall–Kier alpha value is -9.06. The van der Waals surface area contributed by atoms with Gasteiger partial charge in [0, 0.05) is 110 Å². The topological polar surface area (TPSA) is 458 Å². The first-order valence-electron chi connectivity index (χ1n) is 47.2. The molecule has 6 rings (SSSR count). The van der Waals surface area contributed by atoms with E-state index in [2.05, 4.69) is 136 Å². The van der Waals surface area contributed by atoms with E-state index in [4.69, 9.17) is 28.7 Å². The number of hydroxylamine groups is 6. The molecule has 6 aliphatic rings. The normalized spacial score (nSPS) is 21.5. The first-order valence-corrected chi connectivity index (χ1v) is 47.2. The van der Waals surface area contributed by atoms with Crippen molar-refractivity contribution in [3.05, 3.63) is 0 Å². The van der Waals surface area contributed by atoms with E-state index in [9.17, 15) is 86.3 Å². The van der Waals surface area contributed by atoms with Gasteiger partial charge in [0.15, 0.2) is 0 Å². The zero-order valence-corrected chi connectivity index (χ0v) is 86.4. The molecule has 0 bridgehead atoms. The Morgan fingerprint density at radius 3 is 0.629 bits per heavy atom. The van der Waals surface area contributed by atoms with Crippen molar-refractivity contribution in [1.82, 2.24) is 47.1 Å². The Kier molecular flexibility index (Phi) is 48.8. The highest BCUT2D eigenvalue weighted by Crippen LogP contribution is 2.23. The number of hydrogen-bond donors (Lipinski definition) is 9. The monoisotopic (exact) mass is 1880 g/mol. The van der Waals surface area contributed by atoms with E-state index in [1.54, 1.807) is 125 Å². The van der Waals surface area contributed by atoms with Crippen LogP contribution in [-0.2, 0) is 115 Å². The fraction of sp³-hybridized carbons (Fsp3) is 0.812. The number of carbonyl (C=O) groups excluding carboxylic acids is 18. The van der Waals surface area contributed by atoms with Gasteiger partial charge in [-0.1, -0.05) is 125 Å². The van der Waals surface area contributed by atoms with Crippen LogP contribution < -0.4 is 46.6 Å². The Balaban J connectivity index is 0.000000824. The number of carbonyl (C=O) groups is 18. The molecule has 132 heavy (non-hydrogen) atoms. The van der Waals surface area contributed by atoms with Crippen molar-refractivity contribution in [1.29, 1.82) is 0 Å². The summed E-state index contributed by atoms with van der Waals surface area (Å²) in [5.41, 5.74) is -2.93. The summed E-state index contributed by atoms with van der Waals surface area (Å²) in [4.78, 5) is 236. The van der Waals surface area contributed by atoms with Crippen LogP contribution in [0.25, 0.3) is 0 Å². The van der Waals surface area contributed by atoms with Gasteiger partial charge in [-0.05, 0) is 162 Å². The van der Waals surface area contributed by atoms with E-state index in [0.717, 1.165) is 36.3 Å². The molecular formula is C96H171N12O24+3. The average molecular weight is 1880 g/mol. The maximum atomic E-state index is 12.5. The zero-order chi connectivity index (χ0) is 102. The number of ether oxygens (including phenoxy) is 3. The molecule has 9 N–H and O–H groups in total. The molecule has 0 aromatic heterocycles. The molecule has 0 aliphatic carbocycles. The Labute approximate surface area is 786 Å². The Morgan fingerprint density at radius 1 is 0.303 bits per heavy atom. The van der Waals surface area contributed by atoms with Crippen molar-refractivity contribution in [3.63, 3.8) is 0 Å². The van der Waals surface area contributed by atoms with Gasteiger partial charge in [-0.3, -0.25) is 71.9 Å². The average Bonchev–Trinajstić information content (AvgIpc) is 1.35. The summed E-state index contributed by atoms with van der Waals surface area (Å²) >= 11 is 0. The van der Waals surface area contributed by atoms with Crippen molar-refractivity contribution in [3.8, 4) is 0 Å². The van der Waals surface area contributed by atoms with Crippen molar-refractivity contribution in [2.75, 3.05) is 39.3 Å². The van der Waals surface area contributed by atoms with E-state index >= 15 is 0 Å². The van der Waals surface area contributed by atoms with Gasteiger partial charge < -0.3 is 75.3 Å². The summed E-state index contributed by atoms with van der Waals surface area (Å²) in [6.07, 6.45) is 10.1. The van der Waals surface area contributed by atoms with Crippen LogP contribution in [-0.4, -0.2) is 232 Å². The van der Waals surface area contributed by atoms with Crippen molar-refractivity contribution in [2.24, 2.45) is 32.5 Å². The molecule has 12 amide bonds. The van der Waals surface area contributed by atoms with Crippen LogP contribution in [0, 0.1) is 32.5 Å². The maximum absolute atomic E-state index is 12.5. The predicted octanol–water partition coefficient (Wildman–Crippen LogP) is 6.72. The van der Waals surface area contributed by atoms with E-state index < -0.39 is 159 Å². The summed E-state index contributed by atoms with van der Waals surface area (Å²) in [5, 5.41) is 15.8. The van der Waals surface area contributed by atoms with Crippen LogP contribution >= 0.6 is 0 Å². The number of nitrogens with zero attached hydrogens (tertiary/aromatic N) is 3. The van der Waals surface area contributed by atoms with Crippen molar-refractivity contribution >= 4 is 107 Å². The van der Waals surface area contributed by atoms with Gasteiger partial charge in [0.05, 0.1) is 75.1 Å². The highest BCUT2D eigenvalue weighted by atomic mass is 16.7. The van der Waals surface area contributed by atoms with Crippen LogP contribution in [0.5, 0.6) is 0 Å². The fourth-order valence-corrected chi connectivity index (χ4v) is 14.8. The van der Waals surface area contributed by atoms with Crippen molar-refractivity contribution < 1.29 is 130 Å². The smallest absolute Gasteiger partial charge is 0.355 e. The summed E-state index contributed by atoms with van der Waals surface area (Å²) < 4.78 is 15.5. The summed E-state index contributed by atoms with van der Waals surface area (Å²) in [6.45, 7) is 69.9. The molecule has 6 aliphatic heterocycles. The minimum atomic E-state index is -1.48. The van der Waals surface area contributed by atoms with Crippen LogP contribution in [0.4, 0.5) is 0 Å². The van der Waals surface area contributed by atoms with Crippen molar-refractivity contribution in [2.45, 2.75) is 435 Å². The number of likely N-dealkylation sites (tertiary alicyclic amines) is 3. The molecule has 6 saturated heterocycles. The third kappa shape index (κ3) is 50.3. The highest BCUT2D eigenvalue weighted by Gasteiger charge is 2.43. The Morgan fingerprint density at radius 2 is 0.477 bits per heavy atom. The molecule has 9 unspecified atom stereocenters. The van der Waals surface area contributed by atoms with Gasteiger partial charge in [0.1, 0.15) is 34.9 Å². The lowest BCUT2D eigenvalue weighted by molar-refractivity contribution is -0.956. The second kappa shape index (κ2) is 53.3. The van der Waals surface area contributed by atoms with Gasteiger partial charge in [-0.25, -0.2) is 14.4 Å². The number of esters is 3. The number of piperidine rings is 3. The number of nitrogens with one attached hydrogen (secondary N) is 9. The van der Waals surface area contributed by atoms with E-state index in [1.807, 2.05) is 14.7 Å². The number of hydrogen-bond acceptors (Lipinski definition) is 24. The number of imide groups is 3. The quantitative estimate of drug-likeness (QED) is 0.0234. The van der Waals surface area contributed by atoms with Crippen LogP contribution in [0.2, 0.25) is 0 Å². The summed E-state index contributed by atoms with van der Waals surface area (Å²) in [6, 6.07) is 0.813. The third-order valence-electron chi connectivity index (χ3n) is 21.6. The SMILES string of the molecule is CC(C)(C)OC(=O)CC(NC(=O)CCNC(=O)C(C)(C)C)C(=O)ON1C(=O)CCC1=O.CC(C)(C)OC(=O)CC(NC(=O)CCNC(=O)C(C)(C)C)C(=O)ON1C(=O)CCC1=O.CC(C)(C)OC(=O)CC(NC(=O)CCNC(=O)C(C)(C)C)C(=O)ON1C(=O)CCC1=O.CC1CCCC(C)[NH+]1CC(C)(C)C.CC1CCCC(C)[NH+]1CC(C)(C)C.CC1CCCC(C)[NH+]1CC(C)(C)C. The zero-order valence-electron chi connectivity index (χ0n) is 86.4. The molecule has 36 nitrogen and oxygen atoms in total. The predicted molar refractivity (Wildman–Crippen MR) is 494 cm³/mol. The molecule has 6 fully saturated rings.